The lowest BCUT2D eigenvalue weighted by atomic mass is 9.92. The van der Waals surface area contributed by atoms with Gasteiger partial charge in [-0.15, -0.1) is 0 Å². The first kappa shape index (κ1) is 33.6. The summed E-state index contributed by atoms with van der Waals surface area (Å²) in [5.74, 6) is 0. The summed E-state index contributed by atoms with van der Waals surface area (Å²) in [7, 11) is 0. The molecule has 0 saturated carbocycles. The molecule has 0 aliphatic heterocycles. The molecule has 2 heteroatoms. The van der Waals surface area contributed by atoms with Gasteiger partial charge in [-0.1, -0.05) is 182 Å². The lowest BCUT2D eigenvalue weighted by Gasteiger charge is -2.30. The van der Waals surface area contributed by atoms with Crippen molar-refractivity contribution in [2.75, 3.05) is 4.90 Å². The molecule has 11 aromatic rings. The predicted molar refractivity (Wildman–Crippen MR) is 245 cm³/mol. The second-order valence-electron chi connectivity index (χ2n) is 14.8. The van der Waals surface area contributed by atoms with Crippen molar-refractivity contribution in [3.05, 3.63) is 224 Å². The minimum Gasteiger partial charge on any atom is -0.455 e. The van der Waals surface area contributed by atoms with Gasteiger partial charge < -0.3 is 9.32 Å². The van der Waals surface area contributed by atoms with E-state index in [1.807, 2.05) is 0 Å². The summed E-state index contributed by atoms with van der Waals surface area (Å²) in [5, 5.41) is 7.02. The summed E-state index contributed by atoms with van der Waals surface area (Å²) in [4.78, 5) is 2.44. The minimum absolute atomic E-state index is 0.860. The highest BCUT2D eigenvalue weighted by atomic mass is 16.3. The monoisotopic (exact) mass is 739 g/mol. The molecule has 0 aliphatic carbocycles. The van der Waals surface area contributed by atoms with Gasteiger partial charge in [0.1, 0.15) is 11.2 Å². The normalized spacial score (nSPS) is 11.4. The second-order valence-corrected chi connectivity index (χ2v) is 14.8. The van der Waals surface area contributed by atoms with Gasteiger partial charge >= 0.3 is 0 Å². The van der Waals surface area contributed by atoms with Crippen LogP contribution in [0.4, 0.5) is 17.1 Å². The highest BCUT2D eigenvalue weighted by Gasteiger charge is 2.25. The average molecular weight is 740 g/mol. The maximum Gasteiger partial charge on any atom is 0.145 e. The molecule has 1 heterocycles. The highest BCUT2D eigenvalue weighted by Crippen LogP contribution is 2.49. The molecule has 0 aliphatic rings. The third-order valence-corrected chi connectivity index (χ3v) is 11.5. The summed E-state index contributed by atoms with van der Waals surface area (Å²) in [6.07, 6.45) is 0. The van der Waals surface area contributed by atoms with E-state index in [1.54, 1.807) is 0 Å². The fourth-order valence-corrected chi connectivity index (χ4v) is 8.76. The molecule has 0 unspecified atom stereocenters. The van der Waals surface area contributed by atoms with Crippen molar-refractivity contribution < 1.29 is 4.42 Å². The number of hydrogen-bond donors (Lipinski definition) is 0. The van der Waals surface area contributed by atoms with Crippen LogP contribution in [0, 0.1) is 0 Å². The minimum atomic E-state index is 0.860. The van der Waals surface area contributed by atoms with E-state index in [4.69, 9.17) is 4.42 Å². The van der Waals surface area contributed by atoms with E-state index in [2.05, 4.69) is 229 Å². The Labute approximate surface area is 337 Å². The van der Waals surface area contributed by atoms with Crippen LogP contribution in [0.1, 0.15) is 0 Å². The van der Waals surface area contributed by atoms with E-state index in [0.717, 1.165) is 61.3 Å². The average Bonchev–Trinajstić information content (AvgIpc) is 3.69. The topological polar surface area (TPSA) is 16.4 Å². The molecule has 0 amide bonds. The molecule has 272 valence electrons. The number of rotatable bonds is 7. The van der Waals surface area contributed by atoms with Crippen molar-refractivity contribution in [2.45, 2.75) is 0 Å². The summed E-state index contributed by atoms with van der Waals surface area (Å²) >= 11 is 0. The Morgan fingerprint density at radius 1 is 0.310 bits per heavy atom. The Balaban J connectivity index is 1.20. The molecule has 0 fully saturated rings. The third kappa shape index (κ3) is 5.74. The first-order valence-electron chi connectivity index (χ1n) is 19.8. The van der Waals surface area contributed by atoms with Crippen molar-refractivity contribution in [3.8, 4) is 44.5 Å². The van der Waals surface area contributed by atoms with Gasteiger partial charge in [-0.3, -0.25) is 0 Å². The van der Waals surface area contributed by atoms with Crippen molar-refractivity contribution in [2.24, 2.45) is 0 Å². The summed E-state index contributed by atoms with van der Waals surface area (Å²) in [5.41, 5.74) is 14.1. The van der Waals surface area contributed by atoms with E-state index >= 15 is 0 Å². The zero-order chi connectivity index (χ0) is 38.4. The standard InChI is InChI=1S/C56H37NO/c1-2-17-39(18-3-1)46-25-8-9-26-49(46)50-27-10-12-30-52(50)57(44-23-14-22-42(37-44)47-29-15-21-40-19-6-7-24-45(40)47)53-35-34-48(43-33-32-38-16-4-5-20-41(38)36-43)56-55(53)51-28-11-13-31-54(51)58-56/h1-37H. The Kier molecular flexibility index (Phi) is 8.19. The summed E-state index contributed by atoms with van der Waals surface area (Å²) in [6.45, 7) is 0. The first-order valence-corrected chi connectivity index (χ1v) is 19.8. The highest BCUT2D eigenvalue weighted by molar-refractivity contribution is 6.18. The maximum absolute atomic E-state index is 6.92. The lowest BCUT2D eigenvalue weighted by Crippen LogP contribution is -2.12. The van der Waals surface area contributed by atoms with Gasteiger partial charge in [0.05, 0.1) is 16.8 Å². The van der Waals surface area contributed by atoms with Gasteiger partial charge in [0.15, 0.2) is 0 Å². The molecule has 0 bridgehead atoms. The molecule has 0 radical (unpaired) electrons. The quantitative estimate of drug-likeness (QED) is 0.162. The number of hydrogen-bond acceptors (Lipinski definition) is 2. The molecule has 58 heavy (non-hydrogen) atoms. The van der Waals surface area contributed by atoms with E-state index in [9.17, 15) is 0 Å². The first-order chi connectivity index (χ1) is 28.8. The molecule has 10 aromatic carbocycles. The van der Waals surface area contributed by atoms with E-state index < -0.39 is 0 Å². The smallest absolute Gasteiger partial charge is 0.145 e. The van der Waals surface area contributed by atoms with Crippen LogP contribution in [0.5, 0.6) is 0 Å². The van der Waals surface area contributed by atoms with Crippen LogP contribution < -0.4 is 4.90 Å². The molecule has 2 nitrogen and oxygen atoms in total. The SMILES string of the molecule is c1ccc(-c2ccccc2-c2ccccc2N(c2cccc(-c3cccc4ccccc34)c2)c2ccc(-c3ccc4ccccc4c3)c3oc4ccccc4c23)cc1. The van der Waals surface area contributed by atoms with E-state index in [0.29, 0.717) is 0 Å². The van der Waals surface area contributed by atoms with Crippen LogP contribution >= 0.6 is 0 Å². The van der Waals surface area contributed by atoms with Gasteiger partial charge in [0.25, 0.3) is 0 Å². The number of benzene rings is 10. The van der Waals surface area contributed by atoms with Gasteiger partial charge in [-0.25, -0.2) is 0 Å². The van der Waals surface area contributed by atoms with Gasteiger partial charge in [0, 0.05) is 22.2 Å². The van der Waals surface area contributed by atoms with Crippen LogP contribution in [0.25, 0.3) is 88.0 Å². The predicted octanol–water partition coefficient (Wildman–Crippen LogP) is 16.0. The third-order valence-electron chi connectivity index (χ3n) is 11.5. The van der Waals surface area contributed by atoms with Gasteiger partial charge in [0.2, 0.25) is 0 Å². The molecule has 1 aromatic heterocycles. The van der Waals surface area contributed by atoms with Crippen molar-refractivity contribution in [1.82, 2.24) is 0 Å². The van der Waals surface area contributed by atoms with Crippen molar-refractivity contribution in [3.63, 3.8) is 0 Å². The lowest BCUT2D eigenvalue weighted by molar-refractivity contribution is 0.670. The Morgan fingerprint density at radius 2 is 0.931 bits per heavy atom. The Hall–Kier alpha value is -7.68. The molecule has 0 saturated heterocycles. The number of anilines is 3. The fourth-order valence-electron chi connectivity index (χ4n) is 8.76. The second kappa shape index (κ2) is 14.1. The molecule has 0 spiro atoms. The van der Waals surface area contributed by atoms with Crippen LogP contribution in [-0.4, -0.2) is 0 Å². The number of nitrogens with zero attached hydrogens (tertiary/aromatic N) is 1. The Morgan fingerprint density at radius 3 is 1.81 bits per heavy atom. The number of fused-ring (bicyclic) bond motifs is 5. The summed E-state index contributed by atoms with van der Waals surface area (Å²) < 4.78 is 6.92. The van der Waals surface area contributed by atoms with Crippen LogP contribution in [0.15, 0.2) is 229 Å². The van der Waals surface area contributed by atoms with Crippen molar-refractivity contribution >= 4 is 60.5 Å². The molecule has 0 N–H and O–H groups in total. The van der Waals surface area contributed by atoms with Crippen molar-refractivity contribution in [1.29, 1.82) is 0 Å². The number of furan rings is 1. The molecular weight excluding hydrogens is 703 g/mol. The van der Waals surface area contributed by atoms with Crippen LogP contribution in [-0.2, 0) is 0 Å². The fraction of sp³-hybridized carbons (Fsp3) is 0. The van der Waals surface area contributed by atoms with E-state index in [-0.39, 0.29) is 0 Å². The zero-order valence-corrected chi connectivity index (χ0v) is 31.7. The summed E-state index contributed by atoms with van der Waals surface area (Å²) in [6, 6.07) is 80.7. The van der Waals surface area contributed by atoms with Crippen LogP contribution in [0.2, 0.25) is 0 Å². The zero-order valence-electron chi connectivity index (χ0n) is 31.7. The number of para-hydroxylation sites is 2. The largest absolute Gasteiger partial charge is 0.455 e. The molecular formula is C56H37NO. The maximum atomic E-state index is 6.92. The molecule has 11 rings (SSSR count). The van der Waals surface area contributed by atoms with E-state index in [1.165, 1.54) is 43.8 Å². The Bertz CT molecular complexity index is 3300. The van der Waals surface area contributed by atoms with Crippen LogP contribution in [0.3, 0.4) is 0 Å². The van der Waals surface area contributed by atoms with Gasteiger partial charge in [-0.05, 0) is 97.4 Å². The molecule has 0 atom stereocenters. The van der Waals surface area contributed by atoms with Gasteiger partial charge in [-0.2, -0.15) is 0 Å².